The number of carbonyl (C=O) groups is 1. The van der Waals surface area contributed by atoms with Gasteiger partial charge in [-0.2, -0.15) is 5.10 Å². The molecular formula is C26H26FN5O. The zero-order valence-electron chi connectivity index (χ0n) is 18.5. The Hall–Kier alpha value is -3.87. The fourth-order valence-corrected chi connectivity index (χ4v) is 3.62. The lowest BCUT2D eigenvalue weighted by Gasteiger charge is -2.16. The first kappa shape index (κ1) is 22.3. The summed E-state index contributed by atoms with van der Waals surface area (Å²) < 4.78 is 13.4. The summed E-state index contributed by atoms with van der Waals surface area (Å²) in [5, 5.41) is 7.31. The maximum Gasteiger partial charge on any atom is 0.256 e. The van der Waals surface area contributed by atoms with Gasteiger partial charge in [0.15, 0.2) is 5.82 Å². The summed E-state index contributed by atoms with van der Waals surface area (Å²) in [5.74, 6) is 0.256. The van der Waals surface area contributed by atoms with Crippen molar-refractivity contribution in [1.82, 2.24) is 25.1 Å². The van der Waals surface area contributed by atoms with Gasteiger partial charge in [0.25, 0.3) is 5.91 Å². The molecule has 2 heterocycles. The summed E-state index contributed by atoms with van der Waals surface area (Å²) in [5.41, 5.74) is 3.94. The van der Waals surface area contributed by atoms with Crippen molar-refractivity contribution in [2.45, 2.75) is 25.7 Å². The van der Waals surface area contributed by atoms with Crippen molar-refractivity contribution >= 4 is 5.91 Å². The third-order valence-corrected chi connectivity index (χ3v) is 5.47. The molecule has 168 valence electrons. The third kappa shape index (κ3) is 5.88. The van der Waals surface area contributed by atoms with Gasteiger partial charge in [0.1, 0.15) is 5.82 Å². The number of nitrogens with one attached hydrogen (secondary N) is 1. The Balaban J connectivity index is 1.20. The van der Waals surface area contributed by atoms with E-state index < -0.39 is 0 Å². The average molecular weight is 444 g/mol. The SMILES string of the molecule is CN(CCCCCc1cc(-c2cccc(F)c2)n[nH]1)C(=O)c1cnc(-c2ccccc2)nc1. The predicted molar refractivity (Wildman–Crippen MR) is 126 cm³/mol. The molecule has 6 nitrogen and oxygen atoms in total. The number of hydrogen-bond donors (Lipinski definition) is 1. The van der Waals surface area contributed by atoms with Crippen molar-refractivity contribution in [3.05, 3.63) is 90.1 Å². The quantitative estimate of drug-likeness (QED) is 0.363. The first-order valence-electron chi connectivity index (χ1n) is 11.0. The number of aromatic nitrogens is 4. The molecule has 0 unspecified atom stereocenters. The Bertz CT molecular complexity index is 1190. The summed E-state index contributed by atoms with van der Waals surface area (Å²) in [4.78, 5) is 23.0. The summed E-state index contributed by atoms with van der Waals surface area (Å²) in [6.45, 7) is 0.663. The van der Waals surface area contributed by atoms with Crippen LogP contribution in [0.3, 0.4) is 0 Å². The number of aryl methyl sites for hydroxylation is 1. The molecule has 0 aliphatic carbocycles. The lowest BCUT2D eigenvalue weighted by atomic mass is 10.1. The van der Waals surface area contributed by atoms with Crippen LogP contribution >= 0.6 is 0 Å². The van der Waals surface area contributed by atoms with Crippen molar-refractivity contribution in [1.29, 1.82) is 0 Å². The number of H-pyrrole nitrogens is 1. The van der Waals surface area contributed by atoms with E-state index >= 15 is 0 Å². The van der Waals surface area contributed by atoms with Gasteiger partial charge >= 0.3 is 0 Å². The second-order valence-corrected chi connectivity index (χ2v) is 7.99. The minimum Gasteiger partial charge on any atom is -0.342 e. The van der Waals surface area contributed by atoms with Gasteiger partial charge in [0, 0.05) is 42.8 Å². The molecule has 1 N–H and O–H groups in total. The van der Waals surface area contributed by atoms with Crippen molar-refractivity contribution in [2.24, 2.45) is 0 Å². The van der Waals surface area contributed by atoms with Crippen molar-refractivity contribution < 1.29 is 9.18 Å². The van der Waals surface area contributed by atoms with Crippen LogP contribution in [0.4, 0.5) is 4.39 Å². The molecule has 0 saturated heterocycles. The molecule has 2 aromatic heterocycles. The number of carbonyl (C=O) groups excluding carboxylic acids is 1. The number of nitrogens with zero attached hydrogens (tertiary/aromatic N) is 4. The first-order valence-corrected chi connectivity index (χ1v) is 11.0. The van der Waals surface area contributed by atoms with E-state index in [-0.39, 0.29) is 11.7 Å². The highest BCUT2D eigenvalue weighted by Gasteiger charge is 2.13. The summed E-state index contributed by atoms with van der Waals surface area (Å²) >= 11 is 0. The van der Waals surface area contributed by atoms with Gasteiger partial charge < -0.3 is 4.90 Å². The van der Waals surface area contributed by atoms with Crippen LogP contribution in [0, 0.1) is 5.82 Å². The number of unbranched alkanes of at least 4 members (excludes halogenated alkanes) is 2. The van der Waals surface area contributed by atoms with E-state index in [0.29, 0.717) is 17.9 Å². The number of benzene rings is 2. The highest BCUT2D eigenvalue weighted by atomic mass is 19.1. The van der Waals surface area contributed by atoms with E-state index in [9.17, 15) is 9.18 Å². The molecule has 0 fully saturated rings. The van der Waals surface area contributed by atoms with Crippen molar-refractivity contribution in [3.63, 3.8) is 0 Å². The minimum absolute atomic E-state index is 0.0806. The van der Waals surface area contributed by atoms with Gasteiger partial charge in [-0.25, -0.2) is 14.4 Å². The minimum atomic E-state index is -0.269. The van der Waals surface area contributed by atoms with Crippen molar-refractivity contribution in [3.8, 4) is 22.6 Å². The molecule has 0 saturated carbocycles. The molecule has 0 aliphatic heterocycles. The molecule has 4 aromatic rings. The van der Waals surface area contributed by atoms with Crippen LogP contribution in [-0.2, 0) is 6.42 Å². The molecule has 4 rings (SSSR count). The number of amides is 1. The standard InChI is InChI=1S/C26H26FN5O/c1-32(26(33)21-17-28-25(29-18-21)19-9-4-2-5-10-19)14-7-3-6-13-23-16-24(31-30-23)20-11-8-12-22(27)15-20/h2,4-5,8-12,15-18H,3,6-7,13-14H2,1H3,(H,30,31). The van der Waals surface area contributed by atoms with Crippen molar-refractivity contribution in [2.75, 3.05) is 13.6 Å². The first-order chi connectivity index (χ1) is 16.1. The molecule has 0 bridgehead atoms. The topological polar surface area (TPSA) is 74.8 Å². The monoisotopic (exact) mass is 443 g/mol. The van der Waals surface area contributed by atoms with Gasteiger partial charge in [-0.05, 0) is 37.5 Å². The maximum absolute atomic E-state index is 13.4. The number of hydrogen-bond acceptors (Lipinski definition) is 4. The Kier molecular flexibility index (Phi) is 7.19. The molecular weight excluding hydrogens is 417 g/mol. The van der Waals surface area contributed by atoms with E-state index in [4.69, 9.17) is 0 Å². The third-order valence-electron chi connectivity index (χ3n) is 5.47. The van der Waals surface area contributed by atoms with E-state index in [0.717, 1.165) is 48.2 Å². The molecule has 0 spiro atoms. The van der Waals surface area contributed by atoms with Gasteiger partial charge in [-0.1, -0.05) is 48.9 Å². The normalized spacial score (nSPS) is 10.8. The van der Waals surface area contributed by atoms with Crippen LogP contribution in [0.25, 0.3) is 22.6 Å². The molecule has 33 heavy (non-hydrogen) atoms. The molecule has 7 heteroatoms. The number of aromatic amines is 1. The van der Waals surface area contributed by atoms with E-state index in [1.807, 2.05) is 42.5 Å². The van der Waals surface area contributed by atoms with E-state index in [2.05, 4.69) is 20.2 Å². The van der Waals surface area contributed by atoms with Gasteiger partial charge in [0.05, 0.1) is 11.3 Å². The van der Waals surface area contributed by atoms with Crippen LogP contribution in [0.1, 0.15) is 35.3 Å². The fraction of sp³-hybridized carbons (Fsp3) is 0.231. The zero-order chi connectivity index (χ0) is 23.0. The van der Waals surface area contributed by atoms with E-state index in [1.54, 1.807) is 30.4 Å². The Morgan fingerprint density at radius 3 is 2.45 bits per heavy atom. The lowest BCUT2D eigenvalue weighted by Crippen LogP contribution is -2.28. The van der Waals surface area contributed by atoms with Crippen LogP contribution in [0.15, 0.2) is 73.1 Å². The van der Waals surface area contributed by atoms with E-state index in [1.165, 1.54) is 12.1 Å². The van der Waals surface area contributed by atoms with Gasteiger partial charge in [-0.3, -0.25) is 9.89 Å². The lowest BCUT2D eigenvalue weighted by molar-refractivity contribution is 0.0791. The molecule has 0 aliphatic rings. The summed E-state index contributed by atoms with van der Waals surface area (Å²) in [6.07, 6.45) is 6.88. The second kappa shape index (κ2) is 10.6. The fourth-order valence-electron chi connectivity index (χ4n) is 3.62. The highest BCUT2D eigenvalue weighted by Crippen LogP contribution is 2.19. The van der Waals surface area contributed by atoms with Gasteiger partial charge in [0.2, 0.25) is 0 Å². The molecule has 0 radical (unpaired) electrons. The highest BCUT2D eigenvalue weighted by molar-refractivity contribution is 5.93. The Morgan fingerprint density at radius 1 is 0.939 bits per heavy atom. The number of rotatable bonds is 9. The van der Waals surface area contributed by atoms with Gasteiger partial charge in [-0.15, -0.1) is 0 Å². The molecule has 0 atom stereocenters. The summed E-state index contributed by atoms with van der Waals surface area (Å²) in [6, 6.07) is 18.1. The van der Waals surface area contributed by atoms with Crippen LogP contribution in [0.2, 0.25) is 0 Å². The average Bonchev–Trinajstić information content (AvgIpc) is 3.33. The molecule has 1 amide bonds. The summed E-state index contributed by atoms with van der Waals surface area (Å²) in [7, 11) is 1.80. The molecule has 2 aromatic carbocycles. The maximum atomic E-state index is 13.4. The predicted octanol–water partition coefficient (Wildman–Crippen LogP) is 5.16. The zero-order valence-corrected chi connectivity index (χ0v) is 18.5. The Morgan fingerprint density at radius 2 is 1.70 bits per heavy atom. The van der Waals surface area contributed by atoms with Crippen LogP contribution in [0.5, 0.6) is 0 Å². The largest absolute Gasteiger partial charge is 0.342 e. The van der Waals surface area contributed by atoms with Crippen LogP contribution < -0.4 is 0 Å². The Labute approximate surface area is 192 Å². The van der Waals surface area contributed by atoms with Crippen LogP contribution in [-0.4, -0.2) is 44.6 Å². The smallest absolute Gasteiger partial charge is 0.256 e. The number of halogens is 1. The second-order valence-electron chi connectivity index (χ2n) is 7.99.